The van der Waals surface area contributed by atoms with E-state index in [9.17, 15) is 13.6 Å². The maximum atomic E-state index is 12.0. The van der Waals surface area contributed by atoms with Gasteiger partial charge in [-0.2, -0.15) is 0 Å². The lowest BCUT2D eigenvalue weighted by molar-refractivity contribution is 0.0896. The number of halogens is 2. The summed E-state index contributed by atoms with van der Waals surface area (Å²) in [6, 6.07) is 0. The number of piperazine rings is 1. The Labute approximate surface area is 113 Å². The number of thiazole rings is 1. The van der Waals surface area contributed by atoms with Crippen molar-refractivity contribution in [3.05, 3.63) is 4.88 Å². The van der Waals surface area contributed by atoms with Crippen LogP contribution in [0.15, 0.2) is 0 Å². The summed E-state index contributed by atoms with van der Waals surface area (Å²) in [7, 11) is 0. The molecular weight excluding hydrogens is 276 g/mol. The largest absolute Gasteiger partial charge is 0.382 e. The predicted molar refractivity (Wildman–Crippen MR) is 69.9 cm³/mol. The first kappa shape index (κ1) is 13.9. The second-order valence-electron chi connectivity index (χ2n) is 4.05. The molecule has 9 heteroatoms. The van der Waals surface area contributed by atoms with E-state index in [0.717, 1.165) is 37.5 Å². The summed E-state index contributed by atoms with van der Waals surface area (Å²) in [4.78, 5) is 18.0. The smallest absolute Gasteiger partial charge is 0.265 e. The Morgan fingerprint density at radius 1 is 1.53 bits per heavy atom. The summed E-state index contributed by atoms with van der Waals surface area (Å²) >= 11 is 1.13. The molecule has 1 saturated heterocycles. The minimum atomic E-state index is -2.58. The van der Waals surface area contributed by atoms with Gasteiger partial charge < -0.3 is 21.3 Å². The van der Waals surface area contributed by atoms with E-state index in [-0.39, 0.29) is 10.7 Å². The molecule has 4 N–H and O–H groups in total. The maximum Gasteiger partial charge on any atom is 0.265 e. The predicted octanol–water partition coefficient (Wildman–Crippen LogP) is 0.130. The van der Waals surface area contributed by atoms with Crippen molar-refractivity contribution in [1.82, 2.24) is 15.6 Å². The van der Waals surface area contributed by atoms with Crippen molar-refractivity contribution in [2.24, 2.45) is 0 Å². The van der Waals surface area contributed by atoms with Gasteiger partial charge in [-0.25, -0.2) is 13.8 Å². The van der Waals surface area contributed by atoms with Crippen LogP contribution in [0, 0.1) is 0 Å². The summed E-state index contributed by atoms with van der Waals surface area (Å²) in [5, 5.41) is 5.98. The Morgan fingerprint density at radius 3 is 2.84 bits per heavy atom. The molecule has 1 aromatic heterocycles. The fraction of sp³-hybridized carbons (Fsp3) is 0.600. The van der Waals surface area contributed by atoms with Crippen LogP contribution in [-0.2, 0) is 0 Å². The van der Waals surface area contributed by atoms with Crippen LogP contribution in [0.1, 0.15) is 9.67 Å². The van der Waals surface area contributed by atoms with Gasteiger partial charge in [-0.15, -0.1) is 0 Å². The fourth-order valence-corrected chi connectivity index (χ4v) is 2.68. The van der Waals surface area contributed by atoms with Crippen LogP contribution in [0.5, 0.6) is 0 Å². The number of hydrogen-bond donors (Lipinski definition) is 3. The van der Waals surface area contributed by atoms with E-state index in [0.29, 0.717) is 5.13 Å². The SMILES string of the molecule is Nc1nc(N2CCNCC2)sc1C(=O)NCC(F)F. The van der Waals surface area contributed by atoms with Crippen LogP contribution < -0.4 is 21.3 Å². The van der Waals surface area contributed by atoms with Gasteiger partial charge in [-0.1, -0.05) is 11.3 Å². The molecule has 106 valence electrons. The second kappa shape index (κ2) is 6.11. The summed E-state index contributed by atoms with van der Waals surface area (Å²) in [5.74, 6) is -0.512. The Morgan fingerprint density at radius 2 is 2.21 bits per heavy atom. The number of carbonyl (C=O) groups excluding carboxylic acids is 1. The molecule has 0 atom stereocenters. The van der Waals surface area contributed by atoms with E-state index in [1.54, 1.807) is 0 Å². The third kappa shape index (κ3) is 3.51. The van der Waals surface area contributed by atoms with Crippen LogP contribution in [0.2, 0.25) is 0 Å². The van der Waals surface area contributed by atoms with E-state index in [1.165, 1.54) is 0 Å². The molecule has 0 saturated carbocycles. The van der Waals surface area contributed by atoms with E-state index in [4.69, 9.17) is 5.73 Å². The average molecular weight is 291 g/mol. The first-order valence-corrected chi connectivity index (χ1v) is 6.68. The number of amides is 1. The van der Waals surface area contributed by atoms with E-state index in [1.807, 2.05) is 4.90 Å². The maximum absolute atomic E-state index is 12.0. The number of nitrogens with one attached hydrogen (secondary N) is 2. The van der Waals surface area contributed by atoms with Crippen molar-refractivity contribution in [3.8, 4) is 0 Å². The molecule has 1 aliphatic heterocycles. The first-order chi connectivity index (χ1) is 9.08. The number of nitrogens with two attached hydrogens (primary N) is 1. The lowest BCUT2D eigenvalue weighted by Crippen LogP contribution is -2.43. The van der Waals surface area contributed by atoms with Crippen molar-refractivity contribution in [3.63, 3.8) is 0 Å². The van der Waals surface area contributed by atoms with Gasteiger partial charge in [0.15, 0.2) is 5.13 Å². The van der Waals surface area contributed by atoms with Gasteiger partial charge in [0.05, 0.1) is 6.54 Å². The number of carbonyl (C=O) groups is 1. The molecule has 1 aliphatic rings. The number of alkyl halides is 2. The van der Waals surface area contributed by atoms with Gasteiger partial charge in [0.1, 0.15) is 10.7 Å². The quantitative estimate of drug-likeness (QED) is 0.734. The third-order valence-corrected chi connectivity index (χ3v) is 3.78. The average Bonchev–Trinajstić information content (AvgIpc) is 2.79. The molecule has 0 aliphatic carbocycles. The van der Waals surface area contributed by atoms with Gasteiger partial charge in [0, 0.05) is 26.2 Å². The zero-order valence-corrected chi connectivity index (χ0v) is 11.0. The number of nitrogens with zero attached hydrogens (tertiary/aromatic N) is 2. The van der Waals surface area contributed by atoms with Crippen LogP contribution >= 0.6 is 11.3 Å². The van der Waals surface area contributed by atoms with Gasteiger partial charge in [-0.05, 0) is 0 Å². The van der Waals surface area contributed by atoms with E-state index in [2.05, 4.69) is 15.6 Å². The number of anilines is 2. The Hall–Kier alpha value is -1.48. The Bertz CT molecular complexity index is 447. The highest BCUT2D eigenvalue weighted by atomic mass is 32.1. The number of nitrogen functional groups attached to an aromatic ring is 1. The molecule has 6 nitrogen and oxygen atoms in total. The molecule has 2 heterocycles. The molecule has 0 spiro atoms. The highest BCUT2D eigenvalue weighted by molar-refractivity contribution is 7.18. The van der Waals surface area contributed by atoms with E-state index < -0.39 is 18.9 Å². The molecule has 0 bridgehead atoms. The first-order valence-electron chi connectivity index (χ1n) is 5.86. The summed E-state index contributed by atoms with van der Waals surface area (Å²) in [6.07, 6.45) is -2.58. The Balaban J connectivity index is 2.05. The number of aromatic nitrogens is 1. The van der Waals surface area contributed by atoms with Crippen molar-refractivity contribution in [1.29, 1.82) is 0 Å². The highest BCUT2D eigenvalue weighted by Gasteiger charge is 2.21. The van der Waals surface area contributed by atoms with E-state index >= 15 is 0 Å². The van der Waals surface area contributed by atoms with Crippen molar-refractivity contribution < 1.29 is 13.6 Å². The van der Waals surface area contributed by atoms with Crippen molar-refractivity contribution in [2.75, 3.05) is 43.4 Å². The molecule has 0 unspecified atom stereocenters. The molecule has 1 amide bonds. The molecular formula is C10H15F2N5OS. The third-order valence-electron chi connectivity index (χ3n) is 2.65. The lowest BCUT2D eigenvalue weighted by atomic mass is 10.4. The van der Waals surface area contributed by atoms with Crippen LogP contribution in [-0.4, -0.2) is 50.0 Å². The summed E-state index contributed by atoms with van der Waals surface area (Å²) in [5.41, 5.74) is 5.66. The number of hydrogen-bond acceptors (Lipinski definition) is 6. The molecule has 2 rings (SSSR count). The lowest BCUT2D eigenvalue weighted by Gasteiger charge is -2.26. The van der Waals surface area contributed by atoms with Crippen LogP contribution in [0.4, 0.5) is 19.7 Å². The zero-order chi connectivity index (χ0) is 13.8. The Kier molecular flexibility index (Phi) is 4.48. The monoisotopic (exact) mass is 291 g/mol. The van der Waals surface area contributed by atoms with Gasteiger partial charge in [0.2, 0.25) is 0 Å². The molecule has 0 radical (unpaired) electrons. The van der Waals surface area contributed by atoms with Crippen molar-refractivity contribution >= 4 is 28.2 Å². The van der Waals surface area contributed by atoms with Gasteiger partial charge in [-0.3, -0.25) is 4.79 Å². The molecule has 1 fully saturated rings. The zero-order valence-electron chi connectivity index (χ0n) is 10.2. The molecule has 0 aromatic carbocycles. The minimum Gasteiger partial charge on any atom is -0.382 e. The molecule has 19 heavy (non-hydrogen) atoms. The highest BCUT2D eigenvalue weighted by Crippen LogP contribution is 2.28. The summed E-state index contributed by atoms with van der Waals surface area (Å²) < 4.78 is 24.1. The van der Waals surface area contributed by atoms with Crippen LogP contribution in [0.25, 0.3) is 0 Å². The second-order valence-corrected chi connectivity index (χ2v) is 5.03. The normalized spacial score (nSPS) is 15.8. The van der Waals surface area contributed by atoms with Crippen molar-refractivity contribution in [2.45, 2.75) is 6.43 Å². The van der Waals surface area contributed by atoms with Crippen LogP contribution in [0.3, 0.4) is 0 Å². The van der Waals surface area contributed by atoms with Gasteiger partial charge >= 0.3 is 0 Å². The topological polar surface area (TPSA) is 83.3 Å². The standard InChI is InChI=1S/C10H15F2N5OS/c11-6(12)5-15-9(18)7-8(13)16-10(19-7)17-3-1-14-2-4-17/h6,14H,1-5,13H2,(H,15,18). The summed E-state index contributed by atoms with van der Waals surface area (Å²) in [6.45, 7) is 2.56. The van der Waals surface area contributed by atoms with Gasteiger partial charge in [0.25, 0.3) is 12.3 Å². The molecule has 1 aromatic rings. The number of rotatable bonds is 4. The minimum absolute atomic E-state index is 0.0882. The fourth-order valence-electron chi connectivity index (χ4n) is 1.72.